The quantitative estimate of drug-likeness (QED) is 0.929. The van der Waals surface area contributed by atoms with Crippen LogP contribution < -0.4 is 10.1 Å². The van der Waals surface area contributed by atoms with Gasteiger partial charge >= 0.3 is 6.61 Å². The summed E-state index contributed by atoms with van der Waals surface area (Å²) in [6, 6.07) is 11.5. The van der Waals surface area contributed by atoms with Gasteiger partial charge in [-0.2, -0.15) is 8.78 Å². The Balaban J connectivity index is 1.85. The van der Waals surface area contributed by atoms with Gasteiger partial charge in [-0.05, 0) is 34.9 Å². The maximum Gasteiger partial charge on any atom is 0.387 e. The van der Waals surface area contributed by atoms with Crippen LogP contribution in [0.4, 0.5) is 13.2 Å². The van der Waals surface area contributed by atoms with Gasteiger partial charge in [0.1, 0.15) is 0 Å². The Bertz CT molecular complexity index is 673. The van der Waals surface area contributed by atoms with Gasteiger partial charge in [0.2, 0.25) is 0 Å². The molecule has 1 saturated heterocycles. The fourth-order valence-corrected chi connectivity index (χ4v) is 2.57. The fraction of sp³-hybridized carbons (Fsp3) is 0.294. The van der Waals surface area contributed by atoms with Crippen LogP contribution in [-0.4, -0.2) is 26.3 Å². The number of nitrogens with one attached hydrogen (secondary N) is 1. The van der Waals surface area contributed by atoms with Crippen LogP contribution in [0, 0.1) is 5.82 Å². The molecule has 0 spiro atoms. The van der Waals surface area contributed by atoms with Gasteiger partial charge < -0.3 is 14.8 Å². The summed E-state index contributed by atoms with van der Waals surface area (Å²) in [5.74, 6) is -1.27. The minimum absolute atomic E-state index is 0.0463. The number of hydrogen-bond acceptors (Lipinski definition) is 3. The fourth-order valence-electron chi connectivity index (χ4n) is 2.57. The van der Waals surface area contributed by atoms with E-state index in [1.54, 1.807) is 6.07 Å². The van der Waals surface area contributed by atoms with Gasteiger partial charge in [-0.25, -0.2) is 4.39 Å². The molecule has 3 nitrogen and oxygen atoms in total. The van der Waals surface area contributed by atoms with Crippen LogP contribution >= 0.6 is 0 Å². The smallest absolute Gasteiger partial charge is 0.387 e. The molecule has 23 heavy (non-hydrogen) atoms. The zero-order valence-corrected chi connectivity index (χ0v) is 12.3. The molecule has 1 atom stereocenters. The molecule has 1 aliphatic rings. The Hall–Kier alpha value is -2.05. The predicted molar refractivity (Wildman–Crippen MR) is 80.0 cm³/mol. The molecule has 0 aromatic heterocycles. The van der Waals surface area contributed by atoms with Gasteiger partial charge in [-0.1, -0.05) is 24.3 Å². The monoisotopic (exact) mass is 323 g/mol. The Morgan fingerprint density at radius 1 is 1.13 bits per heavy atom. The lowest BCUT2D eigenvalue weighted by molar-refractivity contribution is -0.0521. The van der Waals surface area contributed by atoms with E-state index in [4.69, 9.17) is 4.74 Å². The van der Waals surface area contributed by atoms with E-state index in [0.29, 0.717) is 12.2 Å². The molecule has 0 saturated carbocycles. The van der Waals surface area contributed by atoms with Crippen molar-refractivity contribution in [2.24, 2.45) is 0 Å². The number of halogens is 3. The minimum Gasteiger partial charge on any atom is -0.432 e. The van der Waals surface area contributed by atoms with Crippen molar-refractivity contribution in [3.8, 4) is 16.9 Å². The van der Waals surface area contributed by atoms with E-state index in [9.17, 15) is 13.2 Å². The van der Waals surface area contributed by atoms with E-state index in [1.807, 2.05) is 24.3 Å². The topological polar surface area (TPSA) is 30.5 Å². The normalized spacial score (nSPS) is 18.2. The summed E-state index contributed by atoms with van der Waals surface area (Å²) >= 11 is 0. The molecular formula is C17H16F3NO2. The zero-order valence-electron chi connectivity index (χ0n) is 12.3. The average Bonchev–Trinajstić information content (AvgIpc) is 2.57. The molecule has 1 heterocycles. The van der Waals surface area contributed by atoms with Gasteiger partial charge in [0, 0.05) is 13.1 Å². The van der Waals surface area contributed by atoms with Crippen LogP contribution in [0.15, 0.2) is 42.5 Å². The predicted octanol–water partition coefficient (Wildman–Crippen LogP) is 3.76. The minimum atomic E-state index is -3.05. The van der Waals surface area contributed by atoms with E-state index < -0.39 is 18.2 Å². The second kappa shape index (κ2) is 7.02. The van der Waals surface area contributed by atoms with Crippen molar-refractivity contribution >= 4 is 0 Å². The average molecular weight is 323 g/mol. The van der Waals surface area contributed by atoms with E-state index in [2.05, 4.69) is 10.1 Å². The first kappa shape index (κ1) is 15.8. The molecule has 0 radical (unpaired) electrons. The van der Waals surface area contributed by atoms with Gasteiger partial charge in [-0.3, -0.25) is 0 Å². The largest absolute Gasteiger partial charge is 0.432 e. The maximum absolute atomic E-state index is 13.9. The Labute approximate surface area is 132 Å². The third-order valence-corrected chi connectivity index (χ3v) is 3.67. The van der Waals surface area contributed by atoms with Crippen LogP contribution in [0.25, 0.3) is 11.1 Å². The van der Waals surface area contributed by atoms with Crippen LogP contribution in [0.1, 0.15) is 11.7 Å². The number of ether oxygens (including phenoxy) is 2. The van der Waals surface area contributed by atoms with Crippen molar-refractivity contribution < 1.29 is 22.6 Å². The van der Waals surface area contributed by atoms with E-state index >= 15 is 0 Å². The van der Waals surface area contributed by atoms with Gasteiger partial charge in [0.05, 0.1) is 12.7 Å². The zero-order chi connectivity index (χ0) is 16.2. The Morgan fingerprint density at radius 3 is 2.65 bits per heavy atom. The summed E-state index contributed by atoms with van der Waals surface area (Å²) in [4.78, 5) is 0. The number of alkyl halides is 2. The van der Waals surface area contributed by atoms with Crippen LogP contribution in [0.2, 0.25) is 0 Å². The molecule has 3 rings (SSSR count). The number of hydrogen-bond donors (Lipinski definition) is 1. The summed E-state index contributed by atoms with van der Waals surface area (Å²) in [5.41, 5.74) is 2.37. The van der Waals surface area contributed by atoms with Gasteiger partial charge in [0.15, 0.2) is 11.6 Å². The lowest BCUT2D eigenvalue weighted by atomic mass is 10.00. The molecule has 1 aliphatic heterocycles. The second-order valence-corrected chi connectivity index (χ2v) is 5.21. The van der Waals surface area contributed by atoms with Crippen LogP contribution in [0.3, 0.4) is 0 Å². The molecular weight excluding hydrogens is 307 g/mol. The molecule has 6 heteroatoms. The lowest BCUT2D eigenvalue weighted by Gasteiger charge is -2.24. The van der Waals surface area contributed by atoms with Crippen LogP contribution in [0.5, 0.6) is 5.75 Å². The van der Waals surface area contributed by atoms with Crippen molar-refractivity contribution in [3.63, 3.8) is 0 Å². The third kappa shape index (κ3) is 3.83. The first-order valence-corrected chi connectivity index (χ1v) is 7.30. The third-order valence-electron chi connectivity index (χ3n) is 3.67. The Morgan fingerprint density at radius 2 is 1.96 bits per heavy atom. The van der Waals surface area contributed by atoms with Crippen molar-refractivity contribution in [1.82, 2.24) is 5.32 Å². The highest BCUT2D eigenvalue weighted by Gasteiger charge is 2.16. The van der Waals surface area contributed by atoms with Crippen molar-refractivity contribution in [2.45, 2.75) is 12.7 Å². The van der Waals surface area contributed by atoms with E-state index in [0.717, 1.165) is 24.2 Å². The molecule has 1 N–H and O–H groups in total. The highest BCUT2D eigenvalue weighted by molar-refractivity contribution is 5.65. The van der Waals surface area contributed by atoms with Crippen LogP contribution in [-0.2, 0) is 4.74 Å². The van der Waals surface area contributed by atoms with E-state index in [1.165, 1.54) is 12.1 Å². The molecule has 0 aliphatic carbocycles. The molecule has 2 aromatic rings. The van der Waals surface area contributed by atoms with E-state index in [-0.39, 0.29) is 6.10 Å². The van der Waals surface area contributed by atoms with Gasteiger partial charge in [-0.15, -0.1) is 0 Å². The first-order chi connectivity index (χ1) is 11.1. The molecule has 0 bridgehead atoms. The summed E-state index contributed by atoms with van der Waals surface area (Å²) in [7, 11) is 0. The Kier molecular flexibility index (Phi) is 4.83. The summed E-state index contributed by atoms with van der Waals surface area (Å²) in [5, 5.41) is 3.25. The number of rotatable bonds is 4. The SMILES string of the molecule is Fc1cc(-c2cccc(C3CNCCO3)c2)ccc1OC(F)F. The van der Waals surface area contributed by atoms with Gasteiger partial charge in [0.25, 0.3) is 0 Å². The number of benzene rings is 2. The highest BCUT2D eigenvalue weighted by atomic mass is 19.3. The second-order valence-electron chi connectivity index (χ2n) is 5.21. The summed E-state index contributed by atoms with van der Waals surface area (Å²) < 4.78 is 48.0. The summed E-state index contributed by atoms with van der Waals surface area (Å²) in [6.45, 7) is -0.857. The van der Waals surface area contributed by atoms with Crippen molar-refractivity contribution in [1.29, 1.82) is 0 Å². The lowest BCUT2D eigenvalue weighted by Crippen LogP contribution is -2.33. The summed E-state index contributed by atoms with van der Waals surface area (Å²) in [6.07, 6.45) is -0.0463. The molecule has 1 fully saturated rings. The highest BCUT2D eigenvalue weighted by Crippen LogP contribution is 2.29. The molecule has 122 valence electrons. The molecule has 1 unspecified atom stereocenters. The molecule has 0 amide bonds. The number of morpholine rings is 1. The maximum atomic E-state index is 13.9. The standard InChI is InChI=1S/C17H16F3NO2/c18-14-9-12(4-5-15(14)23-17(19)20)11-2-1-3-13(8-11)16-10-21-6-7-22-16/h1-5,8-9,16-17,21H,6-7,10H2. The van der Waals surface area contributed by atoms with Crippen molar-refractivity contribution in [2.75, 3.05) is 19.7 Å². The molecule has 2 aromatic carbocycles. The first-order valence-electron chi connectivity index (χ1n) is 7.30. The van der Waals surface area contributed by atoms with Crippen molar-refractivity contribution in [3.05, 3.63) is 53.8 Å².